The molecule has 0 fully saturated rings. The van der Waals surface area contributed by atoms with Crippen molar-refractivity contribution >= 4 is 28.2 Å². The van der Waals surface area contributed by atoms with Gasteiger partial charge in [-0.2, -0.15) is 0 Å². The molecule has 0 bridgehead atoms. The van der Waals surface area contributed by atoms with Crippen molar-refractivity contribution in [3.63, 3.8) is 0 Å². The Bertz CT molecular complexity index is 1470. The standard InChI is InChI=1S/C32H42FN3O6S/c1-7-15-34-16-8-17-43(38,39)42-23-11-12-25(29(19-23)40-6)24-13-14-27-30(36(5)31(37)32(3,4)35-27)26(24)20-41-28-18-22(33)10-9-21(28)2/h9-14,18-19,34-35,38-39H,7-8,15-17,20H2,1-6H3. The lowest BCUT2D eigenvalue weighted by atomic mass is 9.91. The minimum Gasteiger partial charge on any atom is -0.496 e. The number of nitrogens with one attached hydrogen (secondary N) is 2. The highest BCUT2D eigenvalue weighted by atomic mass is 32.3. The fraction of sp³-hybridized carbons (Fsp3) is 0.406. The third kappa shape index (κ3) is 7.53. The van der Waals surface area contributed by atoms with Gasteiger partial charge in [0.05, 0.1) is 24.2 Å². The second kappa shape index (κ2) is 13.4. The van der Waals surface area contributed by atoms with E-state index >= 15 is 0 Å². The van der Waals surface area contributed by atoms with Gasteiger partial charge in [0.15, 0.2) is 0 Å². The van der Waals surface area contributed by atoms with E-state index in [0.717, 1.165) is 29.8 Å². The van der Waals surface area contributed by atoms with Crippen LogP contribution >= 0.6 is 10.9 Å². The third-order valence-electron chi connectivity index (χ3n) is 7.31. The van der Waals surface area contributed by atoms with Crippen LogP contribution in [0.2, 0.25) is 0 Å². The summed E-state index contributed by atoms with van der Waals surface area (Å²) < 4.78 is 52.6. The molecule has 3 aromatic carbocycles. The predicted molar refractivity (Wildman–Crippen MR) is 171 cm³/mol. The summed E-state index contributed by atoms with van der Waals surface area (Å²) in [6, 6.07) is 13.2. The first-order valence-corrected chi connectivity index (χ1v) is 16.0. The highest BCUT2D eigenvalue weighted by molar-refractivity contribution is 8.20. The number of carbonyl (C=O) groups is 1. The molecule has 0 spiro atoms. The molecule has 234 valence electrons. The second-order valence-electron chi connectivity index (χ2n) is 11.2. The van der Waals surface area contributed by atoms with Crippen LogP contribution in [0.3, 0.4) is 0 Å². The molecule has 4 N–H and O–H groups in total. The van der Waals surface area contributed by atoms with E-state index in [-0.39, 0.29) is 24.0 Å². The summed E-state index contributed by atoms with van der Waals surface area (Å²) in [7, 11) is -0.0728. The van der Waals surface area contributed by atoms with E-state index in [1.165, 1.54) is 19.2 Å². The molecule has 0 aliphatic carbocycles. The summed E-state index contributed by atoms with van der Waals surface area (Å²) in [5.41, 5.74) is 3.46. The van der Waals surface area contributed by atoms with E-state index in [4.69, 9.17) is 13.7 Å². The zero-order valence-corrected chi connectivity index (χ0v) is 26.4. The Balaban J connectivity index is 1.71. The number of fused-ring (bicyclic) bond motifs is 1. The van der Waals surface area contributed by atoms with E-state index in [1.807, 2.05) is 32.9 Å². The molecule has 0 radical (unpaired) electrons. The number of carbonyl (C=O) groups excluding carboxylic acids is 1. The first-order chi connectivity index (χ1) is 20.4. The van der Waals surface area contributed by atoms with Gasteiger partial charge in [0.25, 0.3) is 5.91 Å². The van der Waals surface area contributed by atoms with Crippen LogP contribution in [0.1, 0.15) is 44.7 Å². The molecule has 3 aromatic rings. The van der Waals surface area contributed by atoms with Gasteiger partial charge in [-0.1, -0.05) is 19.1 Å². The first kappa shape index (κ1) is 32.4. The van der Waals surface area contributed by atoms with Gasteiger partial charge in [0.1, 0.15) is 46.1 Å². The minimum absolute atomic E-state index is 0.0382. The van der Waals surface area contributed by atoms with Crippen LogP contribution in [0.5, 0.6) is 17.2 Å². The van der Waals surface area contributed by atoms with Crippen LogP contribution in [-0.2, 0) is 11.4 Å². The molecule has 1 aliphatic rings. The quantitative estimate of drug-likeness (QED) is 0.152. The number of hydrogen-bond donors (Lipinski definition) is 4. The molecule has 1 aliphatic heterocycles. The van der Waals surface area contributed by atoms with Crippen LogP contribution in [-0.4, -0.2) is 53.6 Å². The number of halogens is 1. The van der Waals surface area contributed by atoms with Crippen LogP contribution < -0.4 is 29.2 Å². The molecule has 0 saturated heterocycles. The smallest absolute Gasteiger partial charge is 0.251 e. The Morgan fingerprint density at radius 1 is 1.05 bits per heavy atom. The highest BCUT2D eigenvalue weighted by Gasteiger charge is 2.39. The molecule has 1 heterocycles. The van der Waals surface area contributed by atoms with E-state index in [9.17, 15) is 18.3 Å². The number of anilines is 2. The molecule has 4 rings (SSSR count). The molecule has 1 amide bonds. The van der Waals surface area contributed by atoms with Crippen molar-refractivity contribution in [2.24, 2.45) is 0 Å². The summed E-state index contributed by atoms with van der Waals surface area (Å²) >= 11 is 0. The molecule has 0 saturated carbocycles. The van der Waals surface area contributed by atoms with Gasteiger partial charge >= 0.3 is 0 Å². The SMILES string of the molecule is CCCNCCCS(O)(O)Oc1ccc(-c2ccc3c(c2COc2cc(F)ccc2C)N(C)C(=O)C(C)(C)N3)c(OC)c1. The summed E-state index contributed by atoms with van der Waals surface area (Å²) in [5.74, 6) is 0.650. The van der Waals surface area contributed by atoms with Gasteiger partial charge < -0.3 is 29.2 Å². The fourth-order valence-electron chi connectivity index (χ4n) is 5.14. The molecule has 0 unspecified atom stereocenters. The van der Waals surface area contributed by atoms with E-state index in [2.05, 4.69) is 17.6 Å². The van der Waals surface area contributed by atoms with Crippen molar-refractivity contribution in [3.05, 3.63) is 65.5 Å². The lowest BCUT2D eigenvalue weighted by molar-refractivity contribution is -0.121. The number of nitrogens with zero attached hydrogens (tertiary/aromatic N) is 1. The summed E-state index contributed by atoms with van der Waals surface area (Å²) in [4.78, 5) is 14.9. The van der Waals surface area contributed by atoms with Crippen LogP contribution in [0, 0.1) is 12.7 Å². The largest absolute Gasteiger partial charge is 0.496 e. The Morgan fingerprint density at radius 3 is 2.51 bits per heavy atom. The zero-order valence-electron chi connectivity index (χ0n) is 25.6. The lowest BCUT2D eigenvalue weighted by Crippen LogP contribution is -2.52. The fourth-order valence-corrected chi connectivity index (χ4v) is 6.15. The molecular weight excluding hydrogens is 573 g/mol. The molecule has 0 atom stereocenters. The van der Waals surface area contributed by atoms with Crippen LogP contribution in [0.4, 0.5) is 15.8 Å². The predicted octanol–water partition coefficient (Wildman–Crippen LogP) is 6.99. The average Bonchev–Trinajstić information content (AvgIpc) is 2.95. The van der Waals surface area contributed by atoms with Crippen molar-refractivity contribution in [3.8, 4) is 28.4 Å². The van der Waals surface area contributed by atoms with Gasteiger partial charge in [0, 0.05) is 30.3 Å². The Labute approximate surface area is 254 Å². The minimum atomic E-state index is -3.31. The summed E-state index contributed by atoms with van der Waals surface area (Å²) in [6.07, 6.45) is 1.56. The van der Waals surface area contributed by atoms with Crippen molar-refractivity contribution in [2.45, 2.75) is 52.7 Å². The van der Waals surface area contributed by atoms with Gasteiger partial charge in [-0.25, -0.2) is 4.39 Å². The molecular formula is C32H42FN3O6S. The number of benzene rings is 3. The van der Waals surface area contributed by atoms with E-state index in [0.29, 0.717) is 41.3 Å². The summed E-state index contributed by atoms with van der Waals surface area (Å²) in [5, 5.41) is 6.57. The maximum Gasteiger partial charge on any atom is 0.251 e. The summed E-state index contributed by atoms with van der Waals surface area (Å²) in [6.45, 7) is 9.12. The first-order valence-electron chi connectivity index (χ1n) is 14.3. The van der Waals surface area contributed by atoms with Crippen molar-refractivity contribution in [2.75, 3.05) is 43.2 Å². The maximum atomic E-state index is 14.1. The van der Waals surface area contributed by atoms with Gasteiger partial charge in [-0.15, -0.1) is 0 Å². The van der Waals surface area contributed by atoms with Crippen LogP contribution in [0.15, 0.2) is 48.5 Å². The van der Waals surface area contributed by atoms with Crippen LogP contribution in [0.25, 0.3) is 11.1 Å². The maximum absolute atomic E-state index is 14.1. The monoisotopic (exact) mass is 615 g/mol. The topological polar surface area (TPSA) is 113 Å². The van der Waals surface area contributed by atoms with E-state index < -0.39 is 22.2 Å². The molecule has 11 heteroatoms. The molecule has 0 aromatic heterocycles. The number of ether oxygens (including phenoxy) is 2. The highest BCUT2D eigenvalue weighted by Crippen LogP contribution is 2.47. The number of methoxy groups -OCH3 is 1. The van der Waals surface area contributed by atoms with Gasteiger partial charge in [0.2, 0.25) is 0 Å². The molecule has 9 nitrogen and oxygen atoms in total. The lowest BCUT2D eigenvalue weighted by Gasteiger charge is -2.39. The second-order valence-corrected chi connectivity index (χ2v) is 12.9. The van der Waals surface area contributed by atoms with Crippen molar-refractivity contribution < 1.29 is 31.9 Å². The zero-order chi connectivity index (χ0) is 31.4. The number of amides is 1. The van der Waals surface area contributed by atoms with Crippen molar-refractivity contribution in [1.82, 2.24) is 5.32 Å². The number of likely N-dealkylation sites (N-methyl/N-ethyl adjacent to an activating group) is 1. The van der Waals surface area contributed by atoms with Gasteiger partial charge in [-0.3, -0.25) is 13.9 Å². The number of rotatable bonds is 13. The number of hydrogen-bond acceptors (Lipinski definition) is 8. The Morgan fingerprint density at radius 2 is 1.79 bits per heavy atom. The normalized spacial score (nSPS) is 14.6. The Hall–Kier alpha value is -3.51. The Kier molecular flexibility index (Phi) is 10.1. The third-order valence-corrected chi connectivity index (χ3v) is 8.59. The van der Waals surface area contributed by atoms with E-state index in [1.54, 1.807) is 36.2 Å². The number of aryl methyl sites for hydroxylation is 1. The average molecular weight is 616 g/mol. The molecule has 43 heavy (non-hydrogen) atoms. The van der Waals surface area contributed by atoms with Crippen molar-refractivity contribution in [1.29, 1.82) is 0 Å². The van der Waals surface area contributed by atoms with Gasteiger partial charge in [-0.05, 0) is 82.1 Å².